The Labute approximate surface area is 140 Å². The van der Waals surface area contributed by atoms with Gasteiger partial charge in [0.15, 0.2) is 0 Å². The quantitative estimate of drug-likeness (QED) is 0.516. The van der Waals surface area contributed by atoms with Crippen LogP contribution in [0.4, 0.5) is 0 Å². The molecular weight excluding hydrogens is 294 g/mol. The molecule has 0 aliphatic rings. The van der Waals surface area contributed by atoms with Gasteiger partial charge < -0.3 is 5.32 Å². The molecule has 2 aromatic rings. The molecule has 0 amide bonds. The zero-order valence-electron chi connectivity index (χ0n) is 13.6. The summed E-state index contributed by atoms with van der Waals surface area (Å²) in [5.41, 5.74) is 2.65. The number of halogens is 1. The van der Waals surface area contributed by atoms with Crippen LogP contribution in [-0.2, 0) is 6.54 Å². The van der Waals surface area contributed by atoms with Crippen LogP contribution in [0.5, 0.6) is 0 Å². The van der Waals surface area contributed by atoms with Gasteiger partial charge in [-0.2, -0.15) is 0 Å². The first-order chi connectivity index (χ1) is 10.2. The molecule has 0 bridgehead atoms. The topological polar surface area (TPSA) is 27.6 Å². The summed E-state index contributed by atoms with van der Waals surface area (Å²) < 4.78 is 0. The molecule has 1 N–H and O–H groups in total. The van der Waals surface area contributed by atoms with Crippen molar-refractivity contribution in [2.75, 3.05) is 20.8 Å². The van der Waals surface area contributed by atoms with Gasteiger partial charge in [0.25, 0.3) is 0 Å². The lowest BCUT2D eigenvalue weighted by molar-refractivity contribution is 0.322. The summed E-state index contributed by atoms with van der Waals surface area (Å²) in [5.74, 6) is 0. The Balaban J connectivity index is 0.000000465. The maximum absolute atomic E-state index is 3.85. The van der Waals surface area contributed by atoms with Crippen molar-refractivity contribution in [3.05, 3.63) is 71.8 Å². The normalized spacial score (nSPS) is 9.82. The maximum atomic E-state index is 3.85. The number of benzene rings is 2. The fourth-order valence-electron chi connectivity index (χ4n) is 1.77. The Hall–Kier alpha value is -1.84. The van der Waals surface area contributed by atoms with Crippen LogP contribution in [0.2, 0.25) is 0 Å². The number of hydrogen-bond acceptors (Lipinski definition) is 2. The lowest BCUT2D eigenvalue weighted by Crippen LogP contribution is -2.29. The van der Waals surface area contributed by atoms with Gasteiger partial charge in [-0.1, -0.05) is 66.2 Å². The summed E-state index contributed by atoms with van der Waals surface area (Å²) in [6, 6.07) is 20.7. The molecule has 0 fully saturated rings. The molecule has 0 atom stereocenters. The minimum atomic E-state index is 0. The molecule has 22 heavy (non-hydrogen) atoms. The second kappa shape index (κ2) is 12.9. The van der Waals surface area contributed by atoms with Crippen LogP contribution in [-0.4, -0.2) is 32.0 Å². The van der Waals surface area contributed by atoms with Crippen molar-refractivity contribution < 1.29 is 0 Å². The van der Waals surface area contributed by atoms with E-state index >= 15 is 0 Å². The molecule has 2 aromatic carbocycles. The van der Waals surface area contributed by atoms with Crippen molar-refractivity contribution in [2.45, 2.75) is 13.5 Å². The van der Waals surface area contributed by atoms with E-state index in [1.807, 2.05) is 24.3 Å². The third kappa shape index (κ3) is 9.97. The Morgan fingerprint density at radius 1 is 1.00 bits per heavy atom. The fourth-order valence-corrected chi connectivity index (χ4v) is 1.77. The first-order valence-electron chi connectivity index (χ1n) is 7.10. The minimum Gasteiger partial charge on any atom is -0.364 e. The molecule has 4 heteroatoms. The fraction of sp³-hybridized carbons (Fsp3) is 0.278. The number of rotatable bonds is 5. The van der Waals surface area contributed by atoms with Gasteiger partial charge in [0.2, 0.25) is 0 Å². The lowest BCUT2D eigenvalue weighted by atomic mass is 10.2. The minimum absolute atomic E-state index is 0. The van der Waals surface area contributed by atoms with Crippen molar-refractivity contribution in [3.8, 4) is 0 Å². The van der Waals surface area contributed by atoms with Gasteiger partial charge in [-0.25, -0.2) is 0 Å². The highest BCUT2D eigenvalue weighted by Gasteiger charge is 1.96. The van der Waals surface area contributed by atoms with Gasteiger partial charge in [0.05, 0.1) is 13.0 Å². The summed E-state index contributed by atoms with van der Waals surface area (Å²) in [7, 11) is 3.83. The number of nitrogens with zero attached hydrogens (tertiary/aromatic N) is 2. The second-order valence-electron chi connectivity index (χ2n) is 4.90. The Bertz CT molecular complexity index is 500. The van der Waals surface area contributed by atoms with Crippen LogP contribution < -0.4 is 5.32 Å². The van der Waals surface area contributed by atoms with E-state index in [4.69, 9.17) is 0 Å². The average Bonchev–Trinajstić information content (AvgIpc) is 2.50. The van der Waals surface area contributed by atoms with Crippen molar-refractivity contribution in [3.63, 3.8) is 0 Å². The molecule has 3 nitrogen and oxygen atoms in total. The van der Waals surface area contributed by atoms with E-state index in [0.717, 1.165) is 13.2 Å². The van der Waals surface area contributed by atoms with Gasteiger partial charge in [0.1, 0.15) is 0 Å². The standard InChI is InChI=1S/C11H17N3.C7H8.ClH/c1-12-9-13-10-14(2)8-11-6-4-3-5-7-11;1-7-5-3-2-4-6-7;/h3-7,9H,8,10H2,1-2H3,(H,12,13);2-6H,1H3;1H. The Morgan fingerprint density at radius 3 is 2.00 bits per heavy atom. The van der Waals surface area contributed by atoms with E-state index in [1.165, 1.54) is 11.1 Å². The van der Waals surface area contributed by atoms with Crippen LogP contribution in [0, 0.1) is 6.92 Å². The maximum Gasteiger partial charge on any atom is 0.0830 e. The largest absolute Gasteiger partial charge is 0.364 e. The average molecular weight is 320 g/mol. The Morgan fingerprint density at radius 2 is 1.55 bits per heavy atom. The molecule has 0 aliphatic carbocycles. The van der Waals surface area contributed by atoms with Gasteiger partial charge >= 0.3 is 0 Å². The first kappa shape index (κ1) is 20.2. The van der Waals surface area contributed by atoms with Crippen molar-refractivity contribution in [2.24, 2.45) is 4.99 Å². The van der Waals surface area contributed by atoms with Crippen LogP contribution in [0.15, 0.2) is 65.7 Å². The molecule has 0 aromatic heterocycles. The Kier molecular flexibility index (Phi) is 11.8. The van der Waals surface area contributed by atoms with E-state index in [1.54, 1.807) is 13.4 Å². The molecule has 2 rings (SSSR count). The summed E-state index contributed by atoms with van der Waals surface area (Å²) in [6.45, 7) is 3.84. The molecule has 0 aliphatic heterocycles. The molecule has 120 valence electrons. The molecule has 0 saturated heterocycles. The van der Waals surface area contributed by atoms with Crippen LogP contribution in [0.25, 0.3) is 0 Å². The SMILES string of the molecule is CN=CNCN(C)Cc1ccccc1.Cc1ccccc1.Cl. The van der Waals surface area contributed by atoms with E-state index in [-0.39, 0.29) is 12.4 Å². The summed E-state index contributed by atoms with van der Waals surface area (Å²) in [6.07, 6.45) is 1.71. The molecular formula is C18H26ClN3. The summed E-state index contributed by atoms with van der Waals surface area (Å²) >= 11 is 0. The number of aryl methyl sites for hydroxylation is 1. The van der Waals surface area contributed by atoms with Gasteiger partial charge in [-0.3, -0.25) is 9.89 Å². The molecule has 0 heterocycles. The van der Waals surface area contributed by atoms with Crippen LogP contribution in [0.1, 0.15) is 11.1 Å². The predicted octanol–water partition coefficient (Wildman–Crippen LogP) is 3.74. The third-order valence-electron chi connectivity index (χ3n) is 2.82. The van der Waals surface area contributed by atoms with Crippen LogP contribution in [0.3, 0.4) is 0 Å². The number of nitrogens with one attached hydrogen (secondary N) is 1. The number of hydrogen-bond donors (Lipinski definition) is 1. The van der Waals surface area contributed by atoms with Gasteiger partial charge in [-0.05, 0) is 19.5 Å². The van der Waals surface area contributed by atoms with E-state index in [9.17, 15) is 0 Å². The van der Waals surface area contributed by atoms with Crippen LogP contribution >= 0.6 is 12.4 Å². The zero-order chi connectivity index (χ0) is 15.3. The monoisotopic (exact) mass is 319 g/mol. The van der Waals surface area contributed by atoms with Gasteiger partial charge in [0, 0.05) is 13.6 Å². The summed E-state index contributed by atoms with van der Waals surface area (Å²) in [4.78, 5) is 6.04. The highest BCUT2D eigenvalue weighted by Crippen LogP contribution is 2.00. The highest BCUT2D eigenvalue weighted by atomic mass is 35.5. The smallest absolute Gasteiger partial charge is 0.0830 e. The highest BCUT2D eigenvalue weighted by molar-refractivity contribution is 5.85. The van der Waals surface area contributed by atoms with E-state index < -0.39 is 0 Å². The molecule has 0 saturated carbocycles. The lowest BCUT2D eigenvalue weighted by Gasteiger charge is -2.15. The third-order valence-corrected chi connectivity index (χ3v) is 2.82. The molecule has 0 unspecified atom stereocenters. The van der Waals surface area contributed by atoms with Crippen molar-refractivity contribution in [1.29, 1.82) is 0 Å². The van der Waals surface area contributed by atoms with E-state index in [2.05, 4.69) is 65.6 Å². The molecule has 0 radical (unpaired) electrons. The number of aliphatic imine (C=N–C) groups is 1. The van der Waals surface area contributed by atoms with Crippen molar-refractivity contribution >= 4 is 18.7 Å². The zero-order valence-corrected chi connectivity index (χ0v) is 14.4. The van der Waals surface area contributed by atoms with E-state index in [0.29, 0.717) is 0 Å². The molecule has 0 spiro atoms. The second-order valence-corrected chi connectivity index (χ2v) is 4.90. The van der Waals surface area contributed by atoms with Gasteiger partial charge in [-0.15, -0.1) is 12.4 Å². The van der Waals surface area contributed by atoms with Crippen molar-refractivity contribution in [1.82, 2.24) is 10.2 Å². The summed E-state index contributed by atoms with van der Waals surface area (Å²) in [5, 5.41) is 3.09. The first-order valence-corrected chi connectivity index (χ1v) is 7.10. The predicted molar refractivity (Wildman–Crippen MR) is 98.8 cm³/mol.